The zero-order chi connectivity index (χ0) is 16.3. The number of sulfone groups is 1. The predicted molar refractivity (Wildman–Crippen MR) is 86.1 cm³/mol. The van der Waals surface area contributed by atoms with Crippen LogP contribution in [0.15, 0.2) is 30.9 Å². The first kappa shape index (κ1) is 17.0. The second-order valence-electron chi connectivity index (χ2n) is 5.39. The third-order valence-electron chi connectivity index (χ3n) is 3.75. The van der Waals surface area contributed by atoms with E-state index in [0.717, 1.165) is 0 Å². The van der Waals surface area contributed by atoms with Gasteiger partial charge in [-0.3, -0.25) is 4.90 Å². The van der Waals surface area contributed by atoms with E-state index >= 15 is 0 Å². The Morgan fingerprint density at radius 1 is 1.50 bits per heavy atom. The molecule has 1 aromatic rings. The number of hydrogen-bond donors (Lipinski definition) is 1. The van der Waals surface area contributed by atoms with Gasteiger partial charge in [0.15, 0.2) is 9.84 Å². The van der Waals surface area contributed by atoms with Crippen molar-refractivity contribution in [3.05, 3.63) is 47.0 Å². The lowest BCUT2D eigenvalue weighted by Gasteiger charge is -2.27. The number of carboxylic acid groups (broad SMARTS) is 1. The molecule has 120 valence electrons. The van der Waals surface area contributed by atoms with Crippen LogP contribution >= 0.6 is 11.6 Å². The van der Waals surface area contributed by atoms with Gasteiger partial charge in [-0.25, -0.2) is 13.2 Å². The van der Waals surface area contributed by atoms with Gasteiger partial charge in [0.1, 0.15) is 0 Å². The highest BCUT2D eigenvalue weighted by Gasteiger charge is 2.32. The Morgan fingerprint density at radius 2 is 2.23 bits per heavy atom. The van der Waals surface area contributed by atoms with Gasteiger partial charge < -0.3 is 5.11 Å². The Labute approximate surface area is 135 Å². The van der Waals surface area contributed by atoms with Crippen LogP contribution in [0.25, 0.3) is 0 Å². The normalized spacial score (nSPS) is 20.2. The molecule has 0 amide bonds. The summed E-state index contributed by atoms with van der Waals surface area (Å²) in [5.41, 5.74) is 0.838. The third-order valence-corrected chi connectivity index (χ3v) is 5.87. The van der Waals surface area contributed by atoms with Crippen LogP contribution in [0.1, 0.15) is 22.3 Å². The first-order valence-electron chi connectivity index (χ1n) is 6.89. The molecule has 1 aliphatic rings. The SMILES string of the molecule is C=CCN(Cc1cc(C(=O)O)ccc1Cl)C1CCS(=O)(=O)C1. The van der Waals surface area contributed by atoms with Gasteiger partial charge in [0.05, 0.1) is 17.1 Å². The van der Waals surface area contributed by atoms with Crippen molar-refractivity contribution in [3.63, 3.8) is 0 Å². The Bertz CT molecular complexity index is 687. The van der Waals surface area contributed by atoms with Crippen molar-refractivity contribution in [2.24, 2.45) is 0 Å². The molecule has 1 atom stereocenters. The Kier molecular flexibility index (Phi) is 5.26. The van der Waals surface area contributed by atoms with E-state index in [0.29, 0.717) is 30.1 Å². The fourth-order valence-corrected chi connectivity index (χ4v) is 4.56. The number of halogens is 1. The molecule has 0 aliphatic carbocycles. The van der Waals surface area contributed by atoms with Crippen LogP contribution in [0.4, 0.5) is 0 Å². The average molecular weight is 344 g/mol. The topological polar surface area (TPSA) is 74.7 Å². The maximum atomic E-state index is 11.7. The summed E-state index contributed by atoms with van der Waals surface area (Å²) in [4.78, 5) is 13.0. The quantitative estimate of drug-likeness (QED) is 0.801. The second kappa shape index (κ2) is 6.81. The van der Waals surface area contributed by atoms with Crippen LogP contribution < -0.4 is 0 Å². The van der Waals surface area contributed by atoms with Crippen LogP contribution in [0.5, 0.6) is 0 Å². The van der Waals surface area contributed by atoms with E-state index in [-0.39, 0.29) is 23.1 Å². The van der Waals surface area contributed by atoms with Crippen molar-refractivity contribution >= 4 is 27.4 Å². The minimum absolute atomic E-state index is 0.0902. The Balaban J connectivity index is 2.23. The molecule has 1 aliphatic heterocycles. The van der Waals surface area contributed by atoms with Crippen molar-refractivity contribution in [2.75, 3.05) is 18.1 Å². The van der Waals surface area contributed by atoms with E-state index in [1.165, 1.54) is 12.1 Å². The van der Waals surface area contributed by atoms with Gasteiger partial charge in [-0.05, 0) is 30.2 Å². The monoisotopic (exact) mass is 343 g/mol. The molecule has 1 fully saturated rings. The molecule has 1 N–H and O–H groups in total. The number of hydrogen-bond acceptors (Lipinski definition) is 4. The summed E-state index contributed by atoms with van der Waals surface area (Å²) in [6, 6.07) is 4.45. The predicted octanol–water partition coefficient (Wildman–Crippen LogP) is 2.21. The van der Waals surface area contributed by atoms with E-state index in [1.807, 2.05) is 4.90 Å². The van der Waals surface area contributed by atoms with Crippen molar-refractivity contribution < 1.29 is 18.3 Å². The van der Waals surface area contributed by atoms with E-state index in [2.05, 4.69) is 6.58 Å². The fraction of sp³-hybridized carbons (Fsp3) is 0.400. The molecule has 22 heavy (non-hydrogen) atoms. The lowest BCUT2D eigenvalue weighted by atomic mass is 10.1. The van der Waals surface area contributed by atoms with Gasteiger partial charge in [-0.2, -0.15) is 0 Å². The van der Waals surface area contributed by atoms with Crippen molar-refractivity contribution in [2.45, 2.75) is 19.0 Å². The van der Waals surface area contributed by atoms with Crippen molar-refractivity contribution in [1.29, 1.82) is 0 Å². The van der Waals surface area contributed by atoms with E-state index in [1.54, 1.807) is 12.1 Å². The first-order chi connectivity index (χ1) is 10.3. The highest BCUT2D eigenvalue weighted by atomic mass is 35.5. The molecular formula is C15H18ClNO4S. The van der Waals surface area contributed by atoms with E-state index in [9.17, 15) is 13.2 Å². The maximum absolute atomic E-state index is 11.7. The summed E-state index contributed by atoms with van der Waals surface area (Å²) in [5, 5.41) is 9.54. The lowest BCUT2D eigenvalue weighted by Crippen LogP contribution is -2.36. The molecule has 7 heteroatoms. The van der Waals surface area contributed by atoms with Crippen molar-refractivity contribution in [3.8, 4) is 0 Å². The summed E-state index contributed by atoms with van der Waals surface area (Å²) >= 11 is 6.14. The molecule has 0 saturated carbocycles. The summed E-state index contributed by atoms with van der Waals surface area (Å²) in [6.45, 7) is 4.62. The maximum Gasteiger partial charge on any atom is 0.335 e. The number of carbonyl (C=O) groups is 1. The van der Waals surface area contributed by atoms with Crippen LogP contribution in [-0.2, 0) is 16.4 Å². The molecular weight excluding hydrogens is 326 g/mol. The van der Waals surface area contributed by atoms with Gasteiger partial charge in [0, 0.05) is 24.2 Å². The number of carboxylic acids is 1. The van der Waals surface area contributed by atoms with Crippen LogP contribution in [-0.4, -0.2) is 48.5 Å². The molecule has 1 heterocycles. The van der Waals surface area contributed by atoms with Gasteiger partial charge in [-0.15, -0.1) is 6.58 Å². The minimum Gasteiger partial charge on any atom is -0.478 e. The molecule has 0 spiro atoms. The van der Waals surface area contributed by atoms with Crippen LogP contribution in [0, 0.1) is 0 Å². The van der Waals surface area contributed by atoms with Gasteiger partial charge >= 0.3 is 5.97 Å². The van der Waals surface area contributed by atoms with E-state index in [4.69, 9.17) is 16.7 Å². The molecule has 1 aromatic carbocycles. The number of rotatable bonds is 6. The third kappa shape index (κ3) is 4.09. The fourth-order valence-electron chi connectivity index (χ4n) is 2.62. The molecule has 0 aromatic heterocycles. The van der Waals surface area contributed by atoms with Crippen molar-refractivity contribution in [1.82, 2.24) is 4.90 Å². The molecule has 0 radical (unpaired) electrons. The zero-order valence-corrected chi connectivity index (χ0v) is 13.6. The second-order valence-corrected chi connectivity index (χ2v) is 8.02. The number of benzene rings is 1. The Morgan fingerprint density at radius 3 is 2.77 bits per heavy atom. The summed E-state index contributed by atoms with van der Waals surface area (Å²) < 4.78 is 23.3. The van der Waals surface area contributed by atoms with Gasteiger partial charge in [0.2, 0.25) is 0 Å². The number of aromatic carboxylic acids is 1. The standard InChI is InChI=1S/C15H18ClNO4S/c1-2-6-17(13-5-7-22(20,21)10-13)9-12-8-11(15(18)19)3-4-14(12)16/h2-4,8,13H,1,5-7,9-10H2,(H,18,19). The van der Waals surface area contributed by atoms with Gasteiger partial charge in [-0.1, -0.05) is 17.7 Å². The van der Waals surface area contributed by atoms with Crippen LogP contribution in [0.2, 0.25) is 5.02 Å². The first-order valence-corrected chi connectivity index (χ1v) is 9.09. The molecule has 2 rings (SSSR count). The summed E-state index contributed by atoms with van der Waals surface area (Å²) in [5.74, 6) is -0.706. The van der Waals surface area contributed by atoms with E-state index < -0.39 is 15.8 Å². The highest BCUT2D eigenvalue weighted by Crippen LogP contribution is 2.24. The Hall–Kier alpha value is -1.37. The zero-order valence-electron chi connectivity index (χ0n) is 12.0. The summed E-state index contributed by atoms with van der Waals surface area (Å²) in [7, 11) is -2.99. The smallest absolute Gasteiger partial charge is 0.335 e. The lowest BCUT2D eigenvalue weighted by molar-refractivity contribution is 0.0696. The average Bonchev–Trinajstić information content (AvgIpc) is 2.80. The molecule has 1 unspecified atom stereocenters. The van der Waals surface area contributed by atoms with Crippen LogP contribution in [0.3, 0.4) is 0 Å². The van der Waals surface area contributed by atoms with Gasteiger partial charge in [0.25, 0.3) is 0 Å². The summed E-state index contributed by atoms with van der Waals surface area (Å²) in [6.07, 6.45) is 2.28. The highest BCUT2D eigenvalue weighted by molar-refractivity contribution is 7.91. The number of nitrogens with zero attached hydrogens (tertiary/aromatic N) is 1. The molecule has 0 bridgehead atoms. The molecule has 1 saturated heterocycles. The largest absolute Gasteiger partial charge is 0.478 e. The minimum atomic E-state index is -2.99. The molecule has 5 nitrogen and oxygen atoms in total.